The molecule has 2 N–H and O–H groups in total. The first-order valence-corrected chi connectivity index (χ1v) is 15.3. The lowest BCUT2D eigenvalue weighted by atomic mass is 9.72. The van der Waals surface area contributed by atoms with Gasteiger partial charge in [-0.2, -0.15) is 5.26 Å². The van der Waals surface area contributed by atoms with E-state index in [0.717, 1.165) is 29.7 Å². The van der Waals surface area contributed by atoms with Crippen molar-refractivity contribution in [2.45, 2.75) is 63.5 Å². The van der Waals surface area contributed by atoms with Gasteiger partial charge in [0.1, 0.15) is 11.1 Å². The minimum Gasteiger partial charge on any atom is -0.322 e. The van der Waals surface area contributed by atoms with Crippen molar-refractivity contribution in [1.82, 2.24) is 0 Å². The standard InChI is InChI=1S/C30H31Cl2N3O2S2/c1-5-25(28(37)35-29-23(16-33)21-11-9-17(30(2,3)4)13-26(21)39-29)38-20-8-6-7-19(15-20)34-27(36)22-12-10-18(31)14-24(22)32/h6-8,10,12,14-15,17,25H,5,9,11,13H2,1-4H3,(H,34,36)(H,35,37). The molecule has 2 atom stereocenters. The first kappa shape index (κ1) is 29.5. The Kier molecular flexibility index (Phi) is 9.33. The van der Waals surface area contributed by atoms with E-state index in [1.54, 1.807) is 29.5 Å². The summed E-state index contributed by atoms with van der Waals surface area (Å²) in [5.41, 5.74) is 2.84. The number of benzene rings is 2. The number of thiophene rings is 1. The maximum atomic E-state index is 13.3. The minimum atomic E-state index is -0.366. The molecule has 0 bridgehead atoms. The molecule has 0 fully saturated rings. The van der Waals surface area contributed by atoms with E-state index in [-0.39, 0.29) is 27.5 Å². The van der Waals surface area contributed by atoms with Crippen molar-refractivity contribution in [3.8, 4) is 6.07 Å². The number of nitrogens with one attached hydrogen (secondary N) is 2. The van der Waals surface area contributed by atoms with E-state index in [0.29, 0.717) is 39.2 Å². The highest BCUT2D eigenvalue weighted by Crippen LogP contribution is 2.44. The Balaban J connectivity index is 1.45. The molecule has 0 aliphatic heterocycles. The molecule has 2 amide bonds. The van der Waals surface area contributed by atoms with Crippen LogP contribution in [0.15, 0.2) is 47.4 Å². The molecular formula is C30H31Cl2N3O2S2. The maximum Gasteiger partial charge on any atom is 0.257 e. The zero-order chi connectivity index (χ0) is 28.3. The third-order valence-corrected chi connectivity index (χ3v) is 10.1. The van der Waals surface area contributed by atoms with Crippen LogP contribution in [0.25, 0.3) is 0 Å². The summed E-state index contributed by atoms with van der Waals surface area (Å²) in [7, 11) is 0. The lowest BCUT2D eigenvalue weighted by molar-refractivity contribution is -0.115. The third kappa shape index (κ3) is 6.99. The van der Waals surface area contributed by atoms with Crippen LogP contribution in [0.5, 0.6) is 0 Å². The van der Waals surface area contributed by atoms with Crippen LogP contribution in [0, 0.1) is 22.7 Å². The number of amides is 2. The Bertz CT molecular complexity index is 1440. The van der Waals surface area contributed by atoms with E-state index in [2.05, 4.69) is 37.5 Å². The Morgan fingerprint density at radius 3 is 2.62 bits per heavy atom. The smallest absolute Gasteiger partial charge is 0.257 e. The number of hydrogen-bond acceptors (Lipinski definition) is 5. The van der Waals surface area contributed by atoms with E-state index in [1.165, 1.54) is 22.7 Å². The number of fused-ring (bicyclic) bond motifs is 1. The summed E-state index contributed by atoms with van der Waals surface area (Å²) in [5, 5.41) is 16.8. The van der Waals surface area contributed by atoms with Crippen molar-refractivity contribution >= 4 is 68.8 Å². The molecule has 5 nitrogen and oxygen atoms in total. The number of nitriles is 1. The summed E-state index contributed by atoms with van der Waals surface area (Å²) < 4.78 is 0. The number of rotatable bonds is 7. The van der Waals surface area contributed by atoms with Crippen LogP contribution < -0.4 is 10.6 Å². The topological polar surface area (TPSA) is 82.0 Å². The Morgan fingerprint density at radius 1 is 1.18 bits per heavy atom. The highest BCUT2D eigenvalue weighted by Gasteiger charge is 2.33. The second-order valence-corrected chi connectivity index (χ2v) is 14.0. The van der Waals surface area contributed by atoms with Crippen molar-refractivity contribution in [2.75, 3.05) is 10.6 Å². The zero-order valence-electron chi connectivity index (χ0n) is 22.4. The number of carbonyl (C=O) groups excluding carboxylic acids is 2. The van der Waals surface area contributed by atoms with Crippen molar-refractivity contribution in [3.05, 3.63) is 74.1 Å². The predicted octanol–water partition coefficient (Wildman–Crippen LogP) is 8.84. The molecule has 0 radical (unpaired) electrons. The lowest BCUT2D eigenvalue weighted by Gasteiger charge is -2.33. The van der Waals surface area contributed by atoms with Gasteiger partial charge in [-0.15, -0.1) is 23.1 Å². The van der Waals surface area contributed by atoms with Crippen LogP contribution in [0.1, 0.15) is 66.9 Å². The fourth-order valence-corrected chi connectivity index (χ4v) is 7.52. The largest absolute Gasteiger partial charge is 0.322 e. The molecule has 4 rings (SSSR count). The third-order valence-electron chi connectivity index (χ3n) is 7.05. The van der Waals surface area contributed by atoms with Gasteiger partial charge in [0.15, 0.2) is 0 Å². The predicted molar refractivity (Wildman–Crippen MR) is 163 cm³/mol. The molecule has 1 aliphatic carbocycles. The average molecular weight is 601 g/mol. The van der Waals surface area contributed by atoms with E-state index >= 15 is 0 Å². The normalized spacial score (nSPS) is 15.7. The van der Waals surface area contributed by atoms with Gasteiger partial charge >= 0.3 is 0 Å². The van der Waals surface area contributed by atoms with Gasteiger partial charge in [-0.3, -0.25) is 9.59 Å². The van der Waals surface area contributed by atoms with Crippen molar-refractivity contribution < 1.29 is 9.59 Å². The molecule has 1 aromatic heterocycles. The first-order valence-electron chi connectivity index (χ1n) is 12.9. The van der Waals surface area contributed by atoms with Crippen LogP contribution in [0.3, 0.4) is 0 Å². The van der Waals surface area contributed by atoms with E-state index < -0.39 is 0 Å². The molecule has 1 heterocycles. The second kappa shape index (κ2) is 12.3. The average Bonchev–Trinajstić information content (AvgIpc) is 3.22. The highest BCUT2D eigenvalue weighted by molar-refractivity contribution is 8.00. The minimum absolute atomic E-state index is 0.132. The van der Waals surface area contributed by atoms with Crippen LogP contribution in [0.2, 0.25) is 10.0 Å². The Hall–Kier alpha value is -2.50. The van der Waals surface area contributed by atoms with Gasteiger partial charge in [-0.05, 0) is 79.0 Å². The molecule has 3 aromatic rings. The molecule has 2 unspecified atom stereocenters. The van der Waals surface area contributed by atoms with Crippen LogP contribution in [-0.2, 0) is 17.6 Å². The van der Waals surface area contributed by atoms with Gasteiger partial charge in [0, 0.05) is 20.5 Å². The number of nitrogens with zero attached hydrogens (tertiary/aromatic N) is 1. The van der Waals surface area contributed by atoms with Crippen LogP contribution in [-0.4, -0.2) is 17.1 Å². The van der Waals surface area contributed by atoms with E-state index in [4.69, 9.17) is 23.2 Å². The van der Waals surface area contributed by atoms with Crippen molar-refractivity contribution in [3.63, 3.8) is 0 Å². The summed E-state index contributed by atoms with van der Waals surface area (Å²) in [6.45, 7) is 8.76. The number of anilines is 2. The molecule has 0 saturated carbocycles. The summed E-state index contributed by atoms with van der Waals surface area (Å²) in [6, 6.07) is 14.4. The molecular weight excluding hydrogens is 569 g/mol. The molecule has 9 heteroatoms. The quantitative estimate of drug-likeness (QED) is 0.266. The SMILES string of the molecule is CCC(Sc1cccc(NC(=O)c2ccc(Cl)cc2Cl)c1)C(=O)Nc1sc2c(c1C#N)CCC(C(C)(C)C)C2. The number of halogens is 2. The van der Waals surface area contributed by atoms with Gasteiger partial charge in [0.25, 0.3) is 5.91 Å². The van der Waals surface area contributed by atoms with Gasteiger partial charge in [0.2, 0.25) is 5.91 Å². The Morgan fingerprint density at radius 2 is 1.95 bits per heavy atom. The van der Waals surface area contributed by atoms with Crippen LogP contribution in [0.4, 0.5) is 10.7 Å². The fourth-order valence-electron chi connectivity index (χ4n) is 4.73. The van der Waals surface area contributed by atoms with E-state index in [9.17, 15) is 14.9 Å². The summed E-state index contributed by atoms with van der Waals surface area (Å²) in [4.78, 5) is 28.1. The summed E-state index contributed by atoms with van der Waals surface area (Å²) in [5.74, 6) is 0.0801. The zero-order valence-corrected chi connectivity index (χ0v) is 25.5. The fraction of sp³-hybridized carbons (Fsp3) is 0.367. The Labute approximate surface area is 248 Å². The number of hydrogen-bond donors (Lipinski definition) is 2. The molecule has 2 aromatic carbocycles. The highest BCUT2D eigenvalue weighted by atomic mass is 35.5. The van der Waals surface area contributed by atoms with Crippen LogP contribution >= 0.6 is 46.3 Å². The van der Waals surface area contributed by atoms with E-state index in [1.807, 2.05) is 25.1 Å². The molecule has 39 heavy (non-hydrogen) atoms. The van der Waals surface area contributed by atoms with Gasteiger partial charge in [-0.1, -0.05) is 57.0 Å². The van der Waals surface area contributed by atoms with Gasteiger partial charge in [0.05, 0.1) is 21.4 Å². The summed E-state index contributed by atoms with van der Waals surface area (Å²) in [6.07, 6.45) is 3.48. The first-order chi connectivity index (χ1) is 18.5. The van der Waals surface area contributed by atoms with Crippen molar-refractivity contribution in [1.29, 1.82) is 5.26 Å². The summed E-state index contributed by atoms with van der Waals surface area (Å²) >= 11 is 15.1. The maximum absolute atomic E-state index is 13.3. The van der Waals surface area contributed by atoms with Gasteiger partial charge in [-0.25, -0.2) is 0 Å². The van der Waals surface area contributed by atoms with Gasteiger partial charge < -0.3 is 10.6 Å². The monoisotopic (exact) mass is 599 g/mol. The molecule has 1 aliphatic rings. The second-order valence-electron chi connectivity index (χ2n) is 10.7. The molecule has 0 spiro atoms. The molecule has 204 valence electrons. The molecule has 0 saturated heterocycles. The lowest BCUT2D eigenvalue weighted by Crippen LogP contribution is -2.26. The van der Waals surface area contributed by atoms with Crippen molar-refractivity contribution in [2.24, 2.45) is 11.3 Å². The number of thioether (sulfide) groups is 1. The number of carbonyl (C=O) groups is 2.